The Morgan fingerprint density at radius 1 is 1.12 bits per heavy atom. The molecule has 0 radical (unpaired) electrons. The molecule has 5 rings (SSSR count). The maximum absolute atomic E-state index is 6.04. The number of para-hydroxylation sites is 1. The first-order valence-corrected chi connectivity index (χ1v) is 11.2. The van der Waals surface area contributed by atoms with Crippen LogP contribution in [0.1, 0.15) is 23.1 Å². The van der Waals surface area contributed by atoms with Crippen LogP contribution in [-0.2, 0) is 17.7 Å². The molecule has 1 atom stereocenters. The summed E-state index contributed by atoms with van der Waals surface area (Å²) >= 11 is 5.91. The Bertz CT molecular complexity index is 1170. The van der Waals surface area contributed by atoms with Crippen LogP contribution in [0.3, 0.4) is 0 Å². The van der Waals surface area contributed by atoms with Crippen LogP contribution in [-0.4, -0.2) is 46.4 Å². The van der Waals surface area contributed by atoms with Crippen LogP contribution in [0.5, 0.6) is 5.75 Å². The molecule has 3 heterocycles. The van der Waals surface area contributed by atoms with Crippen molar-refractivity contribution in [2.45, 2.75) is 19.1 Å². The molecule has 1 N–H and O–H groups in total. The number of morpholine rings is 1. The van der Waals surface area contributed by atoms with E-state index in [2.05, 4.69) is 50.4 Å². The third kappa shape index (κ3) is 4.93. The molecular formula is C25H25ClN4O2. The zero-order valence-electron chi connectivity index (χ0n) is 17.7. The van der Waals surface area contributed by atoms with Gasteiger partial charge in [-0.1, -0.05) is 29.8 Å². The van der Waals surface area contributed by atoms with E-state index in [-0.39, 0.29) is 6.10 Å². The van der Waals surface area contributed by atoms with Crippen molar-refractivity contribution in [2.75, 3.05) is 26.3 Å². The van der Waals surface area contributed by atoms with Gasteiger partial charge in [0.05, 0.1) is 24.4 Å². The number of fused-ring (bicyclic) bond motifs is 1. The van der Waals surface area contributed by atoms with Gasteiger partial charge in [-0.05, 0) is 48.0 Å². The Labute approximate surface area is 192 Å². The molecule has 2 aromatic carbocycles. The predicted molar refractivity (Wildman–Crippen MR) is 125 cm³/mol. The van der Waals surface area contributed by atoms with E-state index < -0.39 is 0 Å². The Morgan fingerprint density at radius 2 is 2.00 bits per heavy atom. The normalized spacial score (nSPS) is 17.0. The molecule has 6 nitrogen and oxygen atoms in total. The number of hydrogen-bond donors (Lipinski definition) is 1. The SMILES string of the molecule is Clc1ccc(OCCc2cc([C@@H]3CN(Cc4ccnc5ccccc45)CCO3)n[nH]2)cc1. The summed E-state index contributed by atoms with van der Waals surface area (Å²) < 4.78 is 11.8. The van der Waals surface area contributed by atoms with Gasteiger partial charge < -0.3 is 9.47 Å². The Hall–Kier alpha value is -2.93. The van der Waals surface area contributed by atoms with Gasteiger partial charge in [-0.3, -0.25) is 15.0 Å². The minimum absolute atomic E-state index is 0.0426. The minimum atomic E-state index is -0.0426. The van der Waals surface area contributed by atoms with E-state index >= 15 is 0 Å². The van der Waals surface area contributed by atoms with E-state index in [4.69, 9.17) is 21.1 Å². The summed E-state index contributed by atoms with van der Waals surface area (Å²) in [5, 5.41) is 9.55. The minimum Gasteiger partial charge on any atom is -0.493 e. The van der Waals surface area contributed by atoms with Crippen molar-refractivity contribution in [3.05, 3.63) is 88.8 Å². The number of nitrogens with one attached hydrogen (secondary N) is 1. The number of benzene rings is 2. The molecule has 0 amide bonds. The summed E-state index contributed by atoms with van der Waals surface area (Å²) in [5.41, 5.74) is 4.30. The molecule has 0 unspecified atom stereocenters. The molecule has 1 fully saturated rings. The zero-order valence-corrected chi connectivity index (χ0v) is 18.5. The van der Waals surface area contributed by atoms with Gasteiger partial charge >= 0.3 is 0 Å². The van der Waals surface area contributed by atoms with Gasteiger partial charge in [0, 0.05) is 48.4 Å². The Morgan fingerprint density at radius 3 is 2.91 bits per heavy atom. The Kier molecular flexibility index (Phi) is 6.34. The van der Waals surface area contributed by atoms with Gasteiger partial charge in [0.25, 0.3) is 0 Å². The number of nitrogens with zero attached hydrogens (tertiary/aromatic N) is 3. The topological polar surface area (TPSA) is 63.3 Å². The third-order valence-electron chi connectivity index (χ3n) is 5.72. The number of pyridine rings is 1. The van der Waals surface area contributed by atoms with Crippen LogP contribution in [0.25, 0.3) is 10.9 Å². The number of ether oxygens (including phenoxy) is 2. The van der Waals surface area contributed by atoms with Gasteiger partial charge in [0.2, 0.25) is 0 Å². The fourth-order valence-electron chi connectivity index (χ4n) is 4.04. The zero-order chi connectivity index (χ0) is 21.8. The monoisotopic (exact) mass is 448 g/mol. The highest BCUT2D eigenvalue weighted by Gasteiger charge is 2.24. The van der Waals surface area contributed by atoms with Gasteiger partial charge in [0.15, 0.2) is 0 Å². The molecule has 1 saturated heterocycles. The van der Waals surface area contributed by atoms with Crippen molar-refractivity contribution >= 4 is 22.5 Å². The first kappa shape index (κ1) is 20.9. The van der Waals surface area contributed by atoms with Crippen LogP contribution >= 0.6 is 11.6 Å². The lowest BCUT2D eigenvalue weighted by Crippen LogP contribution is -2.38. The predicted octanol–water partition coefficient (Wildman–Crippen LogP) is 4.81. The van der Waals surface area contributed by atoms with Gasteiger partial charge in [-0.2, -0.15) is 5.10 Å². The van der Waals surface area contributed by atoms with Crippen molar-refractivity contribution in [2.24, 2.45) is 0 Å². The smallest absolute Gasteiger partial charge is 0.119 e. The van der Waals surface area contributed by atoms with Gasteiger partial charge in [-0.25, -0.2) is 0 Å². The molecule has 0 spiro atoms. The summed E-state index contributed by atoms with van der Waals surface area (Å²) in [6, 6.07) is 19.9. The fourth-order valence-corrected chi connectivity index (χ4v) is 4.17. The molecule has 0 saturated carbocycles. The highest BCUT2D eigenvalue weighted by atomic mass is 35.5. The average Bonchev–Trinajstić information content (AvgIpc) is 3.30. The molecule has 1 aliphatic rings. The molecule has 4 aromatic rings. The van der Waals surface area contributed by atoms with Crippen LogP contribution in [0, 0.1) is 0 Å². The van der Waals surface area contributed by atoms with Crippen LogP contribution in [0.4, 0.5) is 0 Å². The Balaban J connectivity index is 1.18. The van der Waals surface area contributed by atoms with E-state index in [0.717, 1.165) is 48.7 Å². The second-order valence-electron chi connectivity index (χ2n) is 7.95. The summed E-state index contributed by atoms with van der Waals surface area (Å²) in [4.78, 5) is 6.90. The van der Waals surface area contributed by atoms with E-state index in [1.165, 1.54) is 10.9 Å². The molecule has 1 aliphatic heterocycles. The lowest BCUT2D eigenvalue weighted by Gasteiger charge is -2.32. The number of aromatic amines is 1. The molecule has 32 heavy (non-hydrogen) atoms. The third-order valence-corrected chi connectivity index (χ3v) is 5.97. The lowest BCUT2D eigenvalue weighted by atomic mass is 10.1. The fraction of sp³-hybridized carbons (Fsp3) is 0.280. The number of aromatic nitrogens is 3. The lowest BCUT2D eigenvalue weighted by molar-refractivity contribution is -0.0348. The highest BCUT2D eigenvalue weighted by Crippen LogP contribution is 2.25. The molecule has 2 aromatic heterocycles. The second-order valence-corrected chi connectivity index (χ2v) is 8.39. The van der Waals surface area contributed by atoms with Crippen molar-refractivity contribution in [1.82, 2.24) is 20.1 Å². The summed E-state index contributed by atoms with van der Waals surface area (Å²) in [7, 11) is 0. The van der Waals surface area contributed by atoms with E-state index in [1.54, 1.807) is 0 Å². The summed E-state index contributed by atoms with van der Waals surface area (Å²) in [6.07, 6.45) is 2.59. The van der Waals surface area contributed by atoms with Crippen molar-refractivity contribution in [3.8, 4) is 5.75 Å². The van der Waals surface area contributed by atoms with E-state index in [9.17, 15) is 0 Å². The first-order valence-electron chi connectivity index (χ1n) is 10.8. The largest absolute Gasteiger partial charge is 0.493 e. The van der Waals surface area contributed by atoms with Crippen molar-refractivity contribution in [3.63, 3.8) is 0 Å². The molecule has 164 valence electrons. The molecule has 0 aliphatic carbocycles. The van der Waals surface area contributed by atoms with Crippen molar-refractivity contribution < 1.29 is 9.47 Å². The second kappa shape index (κ2) is 9.69. The molecule has 7 heteroatoms. The summed E-state index contributed by atoms with van der Waals surface area (Å²) in [6.45, 7) is 3.84. The van der Waals surface area contributed by atoms with Crippen LogP contribution in [0.15, 0.2) is 66.9 Å². The number of rotatable bonds is 7. The van der Waals surface area contributed by atoms with Crippen molar-refractivity contribution in [1.29, 1.82) is 0 Å². The first-order chi connectivity index (χ1) is 15.7. The molecular weight excluding hydrogens is 424 g/mol. The summed E-state index contributed by atoms with van der Waals surface area (Å²) in [5.74, 6) is 0.809. The maximum atomic E-state index is 6.04. The van der Waals surface area contributed by atoms with E-state index in [1.807, 2.05) is 36.5 Å². The quantitative estimate of drug-likeness (QED) is 0.439. The van der Waals surface area contributed by atoms with E-state index in [0.29, 0.717) is 18.2 Å². The highest BCUT2D eigenvalue weighted by molar-refractivity contribution is 6.30. The van der Waals surface area contributed by atoms with Gasteiger partial charge in [0.1, 0.15) is 11.9 Å². The molecule has 0 bridgehead atoms. The van der Waals surface area contributed by atoms with Crippen LogP contribution < -0.4 is 4.74 Å². The standard InChI is InChI=1S/C25H25ClN4O2/c26-19-5-7-21(8-6-19)31-13-10-20-15-24(29-28-20)25-17-30(12-14-32-25)16-18-9-11-27-23-4-2-1-3-22(18)23/h1-9,11,15,25H,10,12-14,16-17H2,(H,28,29)/t25-/m0/s1. The number of H-pyrrole nitrogens is 1. The van der Waals surface area contributed by atoms with Gasteiger partial charge in [-0.15, -0.1) is 0 Å². The maximum Gasteiger partial charge on any atom is 0.119 e. The van der Waals surface area contributed by atoms with Crippen LogP contribution in [0.2, 0.25) is 5.02 Å². The number of hydrogen-bond acceptors (Lipinski definition) is 5. The average molecular weight is 449 g/mol. The number of halogens is 1.